The quantitative estimate of drug-likeness (QED) is 0.508. The fourth-order valence-corrected chi connectivity index (χ4v) is 4.59. The Balaban J connectivity index is 1.53. The minimum atomic E-state index is -0.500. The number of rotatable bonds is 6. The van der Waals surface area contributed by atoms with Crippen molar-refractivity contribution in [2.75, 3.05) is 18.5 Å². The summed E-state index contributed by atoms with van der Waals surface area (Å²) >= 11 is 7.02. The molecule has 150 valence electrons. The topological polar surface area (TPSA) is 45.7 Å². The smallest absolute Gasteiger partial charge is 0.329 e. The van der Waals surface area contributed by atoms with Gasteiger partial charge in [0.2, 0.25) is 6.23 Å². The highest BCUT2D eigenvalue weighted by atomic mass is 32.1. The van der Waals surface area contributed by atoms with Crippen molar-refractivity contribution in [2.45, 2.75) is 32.4 Å². The molecule has 2 amide bonds. The number of hydrogen-bond donors (Lipinski definition) is 0. The van der Waals surface area contributed by atoms with Crippen LogP contribution in [0.5, 0.6) is 0 Å². The van der Waals surface area contributed by atoms with Gasteiger partial charge in [0.15, 0.2) is 10.2 Å². The lowest BCUT2D eigenvalue weighted by atomic mass is 10.1. The molecule has 1 atom stereocenters. The van der Waals surface area contributed by atoms with Crippen molar-refractivity contribution in [3.63, 3.8) is 0 Å². The van der Waals surface area contributed by atoms with E-state index in [2.05, 4.69) is 24.0 Å². The van der Waals surface area contributed by atoms with E-state index in [1.165, 1.54) is 29.7 Å². The summed E-state index contributed by atoms with van der Waals surface area (Å²) in [5.41, 5.74) is 3.02. The van der Waals surface area contributed by atoms with Crippen molar-refractivity contribution < 1.29 is 9.53 Å². The summed E-state index contributed by atoms with van der Waals surface area (Å²) < 4.78 is 7.12. The number of thiazole rings is 1. The third-order valence-corrected chi connectivity index (χ3v) is 6.36. The second-order valence-corrected chi connectivity index (χ2v) is 8.54. The van der Waals surface area contributed by atoms with Crippen LogP contribution < -0.4 is 4.90 Å². The predicted molar refractivity (Wildman–Crippen MR) is 122 cm³/mol. The number of para-hydroxylation sites is 1. The number of carbonyl (C=O) groups is 1. The van der Waals surface area contributed by atoms with E-state index in [9.17, 15) is 4.79 Å². The number of thiocarbonyl (C=S) groups is 1. The van der Waals surface area contributed by atoms with Crippen molar-refractivity contribution in [3.05, 3.63) is 59.7 Å². The van der Waals surface area contributed by atoms with E-state index in [0.29, 0.717) is 16.7 Å². The molecular weight excluding hydrogens is 402 g/mol. The minimum absolute atomic E-state index is 0.133. The average Bonchev–Trinajstić information content (AvgIpc) is 3.27. The summed E-state index contributed by atoms with van der Waals surface area (Å²) in [4.78, 5) is 20.6. The summed E-state index contributed by atoms with van der Waals surface area (Å²) in [6.45, 7) is 2.62. The van der Waals surface area contributed by atoms with Gasteiger partial charge in [0.25, 0.3) is 0 Å². The van der Waals surface area contributed by atoms with Crippen molar-refractivity contribution in [1.82, 2.24) is 9.88 Å². The van der Waals surface area contributed by atoms with Crippen molar-refractivity contribution in [2.24, 2.45) is 0 Å². The lowest BCUT2D eigenvalue weighted by molar-refractivity contribution is 0.202. The number of anilines is 1. The second-order valence-electron chi connectivity index (χ2n) is 7.16. The largest absolute Gasteiger partial charge is 0.457 e. The summed E-state index contributed by atoms with van der Waals surface area (Å²) in [5.74, 6) is 0. The van der Waals surface area contributed by atoms with Crippen molar-refractivity contribution in [3.8, 4) is 0 Å². The zero-order valence-corrected chi connectivity index (χ0v) is 18.1. The molecule has 1 aliphatic rings. The number of ether oxygens (including phenoxy) is 1. The molecule has 5 nitrogen and oxygen atoms in total. The van der Waals surface area contributed by atoms with E-state index in [-0.39, 0.29) is 6.03 Å². The molecule has 4 rings (SSSR count). The Morgan fingerprint density at radius 2 is 2.00 bits per heavy atom. The number of likely N-dealkylation sites (N-methyl/N-ethyl adjacent to an activating group) is 1. The molecular formula is C22H23N3O2S2. The zero-order valence-electron chi connectivity index (χ0n) is 16.5. The van der Waals surface area contributed by atoms with E-state index < -0.39 is 6.23 Å². The van der Waals surface area contributed by atoms with Gasteiger partial charge in [-0.2, -0.15) is 0 Å². The van der Waals surface area contributed by atoms with Crippen LogP contribution in [0.1, 0.15) is 30.9 Å². The molecule has 0 aliphatic carbocycles. The normalized spacial score (nSPS) is 16.6. The molecule has 0 spiro atoms. The summed E-state index contributed by atoms with van der Waals surface area (Å²) in [6, 6.07) is 15.9. The van der Waals surface area contributed by atoms with E-state index >= 15 is 0 Å². The number of unbranched alkanes of at least 4 members (excludes halogenated alkanes) is 1. The molecule has 1 fully saturated rings. The molecule has 1 saturated heterocycles. The third-order valence-electron chi connectivity index (χ3n) is 4.99. The van der Waals surface area contributed by atoms with E-state index in [1.807, 2.05) is 36.4 Å². The van der Waals surface area contributed by atoms with Gasteiger partial charge in [-0.3, -0.25) is 0 Å². The Hall–Kier alpha value is -2.51. The highest BCUT2D eigenvalue weighted by Crippen LogP contribution is 2.33. The summed E-state index contributed by atoms with van der Waals surface area (Å²) in [7, 11) is 1.76. The lowest BCUT2D eigenvalue weighted by Crippen LogP contribution is -2.37. The highest BCUT2D eigenvalue weighted by molar-refractivity contribution is 7.80. The fraction of sp³-hybridized carbons (Fsp3) is 0.318. The van der Waals surface area contributed by atoms with Gasteiger partial charge in [0, 0.05) is 12.6 Å². The molecule has 1 aliphatic heterocycles. The molecule has 29 heavy (non-hydrogen) atoms. The van der Waals surface area contributed by atoms with Crippen LogP contribution in [0, 0.1) is 0 Å². The standard InChI is InChI=1S/C22H23N3O2S2/c1-3-4-7-15-10-12-16(13-11-15)20(28)27-19-14-24(2)22(26)25(19)21-23-17-8-5-6-9-18(17)29-21/h5-6,8-13,19H,3-4,7,14H2,1-2H3. The van der Waals surface area contributed by atoms with Crippen molar-refractivity contribution in [1.29, 1.82) is 0 Å². The number of aryl methyl sites for hydroxylation is 1. The number of fused-ring (bicyclic) bond motifs is 1. The maximum atomic E-state index is 12.8. The van der Waals surface area contributed by atoms with E-state index in [0.717, 1.165) is 22.2 Å². The first-order chi connectivity index (χ1) is 14.1. The molecule has 1 aromatic heterocycles. The predicted octanol–water partition coefficient (Wildman–Crippen LogP) is 5.23. The van der Waals surface area contributed by atoms with Crippen LogP contribution in [0.3, 0.4) is 0 Å². The molecule has 2 aromatic carbocycles. The van der Waals surface area contributed by atoms with Gasteiger partial charge in [-0.1, -0.05) is 61.1 Å². The van der Waals surface area contributed by atoms with Crippen molar-refractivity contribution >= 4 is 50.0 Å². The van der Waals surface area contributed by atoms with Gasteiger partial charge in [-0.25, -0.2) is 14.7 Å². The number of carbonyl (C=O) groups excluding carboxylic acids is 1. The summed E-state index contributed by atoms with van der Waals surface area (Å²) in [5, 5.41) is 1.02. The average molecular weight is 426 g/mol. The molecule has 0 saturated carbocycles. The van der Waals surface area contributed by atoms with Gasteiger partial charge < -0.3 is 9.64 Å². The Morgan fingerprint density at radius 1 is 1.24 bits per heavy atom. The van der Waals surface area contributed by atoms with Gasteiger partial charge >= 0.3 is 6.03 Å². The number of amides is 2. The number of urea groups is 1. The minimum Gasteiger partial charge on any atom is -0.457 e. The molecule has 1 unspecified atom stereocenters. The zero-order chi connectivity index (χ0) is 20.4. The number of hydrogen-bond acceptors (Lipinski definition) is 5. The molecule has 3 aromatic rings. The first-order valence-electron chi connectivity index (χ1n) is 9.76. The van der Waals surface area contributed by atoms with Gasteiger partial charge in [-0.05, 0) is 42.8 Å². The summed E-state index contributed by atoms with van der Waals surface area (Å²) in [6.07, 6.45) is 2.92. The first-order valence-corrected chi connectivity index (χ1v) is 11.0. The Labute approximate surface area is 179 Å². The highest BCUT2D eigenvalue weighted by Gasteiger charge is 2.40. The van der Waals surface area contributed by atoms with Crippen LogP contribution in [0.25, 0.3) is 10.2 Å². The monoisotopic (exact) mass is 425 g/mol. The Kier molecular flexibility index (Phi) is 5.78. The maximum absolute atomic E-state index is 12.8. The van der Waals surface area contributed by atoms with Crippen LogP contribution >= 0.6 is 23.6 Å². The SMILES string of the molecule is CCCCc1ccc(C(=S)OC2CN(C)C(=O)N2c2nc3ccccc3s2)cc1. The van der Waals surface area contributed by atoms with Gasteiger partial charge in [0.1, 0.15) is 0 Å². The molecule has 0 N–H and O–H groups in total. The molecule has 7 heteroatoms. The van der Waals surface area contributed by atoms with Crippen LogP contribution in [0.4, 0.5) is 9.93 Å². The number of benzene rings is 2. The maximum Gasteiger partial charge on any atom is 0.329 e. The number of aromatic nitrogens is 1. The van der Waals surface area contributed by atoms with Crippen LogP contribution in [-0.4, -0.2) is 40.8 Å². The van der Waals surface area contributed by atoms with E-state index in [4.69, 9.17) is 17.0 Å². The van der Waals surface area contributed by atoms with Gasteiger partial charge in [0.05, 0.1) is 16.8 Å². The number of nitrogens with zero attached hydrogens (tertiary/aromatic N) is 3. The fourth-order valence-electron chi connectivity index (χ4n) is 3.34. The Bertz CT molecular complexity index is 999. The van der Waals surface area contributed by atoms with Gasteiger partial charge in [-0.15, -0.1) is 0 Å². The van der Waals surface area contributed by atoms with Crippen LogP contribution in [0.15, 0.2) is 48.5 Å². The van der Waals surface area contributed by atoms with E-state index in [1.54, 1.807) is 16.8 Å². The van der Waals surface area contributed by atoms with Crippen LogP contribution in [0.2, 0.25) is 0 Å². The van der Waals surface area contributed by atoms with Crippen LogP contribution in [-0.2, 0) is 11.2 Å². The molecule has 2 heterocycles. The molecule has 0 radical (unpaired) electrons. The molecule has 0 bridgehead atoms. The lowest BCUT2D eigenvalue weighted by Gasteiger charge is -2.21. The first kappa shape index (κ1) is 19.8. The Morgan fingerprint density at radius 3 is 2.72 bits per heavy atom. The third kappa shape index (κ3) is 4.11. The second kappa shape index (κ2) is 8.47.